The Morgan fingerprint density at radius 2 is 1.93 bits per heavy atom. The average molecular weight is 366 g/mol. The molecule has 3 aromatic rings. The number of carbonyl (C=O) groups excluding carboxylic acids is 2. The first-order valence-corrected chi connectivity index (χ1v) is 8.20. The number of urea groups is 1. The molecule has 0 spiro atoms. The van der Waals surface area contributed by atoms with Crippen LogP contribution < -0.4 is 16.1 Å². The first kappa shape index (κ1) is 18.0. The molecule has 0 saturated heterocycles. The quantitative estimate of drug-likeness (QED) is 0.395. The van der Waals surface area contributed by atoms with E-state index in [1.165, 1.54) is 12.5 Å². The molecule has 0 unspecified atom stereocenters. The number of hydrogen-bond donors (Lipinski definition) is 4. The number of phenolic OH excluding ortho intramolecular Hbond substituents is 1. The molecule has 8 heteroatoms. The van der Waals surface area contributed by atoms with Crippen molar-refractivity contribution in [2.75, 3.05) is 6.54 Å². The van der Waals surface area contributed by atoms with Gasteiger partial charge in [0.05, 0.1) is 19.0 Å². The third-order valence-corrected chi connectivity index (χ3v) is 3.74. The normalized spacial score (nSPS) is 10.8. The Morgan fingerprint density at radius 3 is 2.74 bits per heavy atom. The topological polar surface area (TPSA) is 116 Å². The summed E-state index contributed by atoms with van der Waals surface area (Å²) in [6.07, 6.45) is 2.88. The molecule has 0 aliphatic carbocycles. The lowest BCUT2D eigenvalue weighted by molar-refractivity contribution is -0.120. The van der Waals surface area contributed by atoms with E-state index < -0.39 is 11.9 Å². The lowest BCUT2D eigenvalue weighted by atomic mass is 10.0. The van der Waals surface area contributed by atoms with E-state index in [1.54, 1.807) is 24.3 Å². The highest BCUT2D eigenvalue weighted by molar-refractivity contribution is 6.02. The summed E-state index contributed by atoms with van der Waals surface area (Å²) in [5.74, 6) is 0.162. The molecule has 0 radical (unpaired) electrons. The van der Waals surface area contributed by atoms with Gasteiger partial charge < -0.3 is 20.2 Å². The molecule has 2 aromatic carbocycles. The van der Waals surface area contributed by atoms with Crippen molar-refractivity contribution >= 4 is 28.9 Å². The molecule has 8 nitrogen and oxygen atoms in total. The highest BCUT2D eigenvalue weighted by atomic mass is 16.3. The largest absolute Gasteiger partial charge is 0.507 e. The van der Waals surface area contributed by atoms with Crippen LogP contribution in [0.25, 0.3) is 10.8 Å². The molecule has 0 aliphatic heterocycles. The maximum Gasteiger partial charge on any atom is 0.315 e. The number of fused-ring (bicyclic) bond motifs is 1. The molecule has 138 valence electrons. The van der Waals surface area contributed by atoms with Gasteiger partial charge in [-0.1, -0.05) is 30.3 Å². The van der Waals surface area contributed by atoms with Crippen LogP contribution in [0.5, 0.6) is 5.75 Å². The summed E-state index contributed by atoms with van der Waals surface area (Å²) in [4.78, 5) is 23.4. The zero-order chi connectivity index (χ0) is 19.1. The molecule has 0 fully saturated rings. The highest BCUT2D eigenvalue weighted by Crippen LogP contribution is 2.25. The van der Waals surface area contributed by atoms with Gasteiger partial charge in [0, 0.05) is 5.56 Å². The number of nitrogens with one attached hydrogen (secondary N) is 3. The van der Waals surface area contributed by atoms with Crippen LogP contribution in [0.15, 0.2) is 64.3 Å². The number of phenols is 1. The molecule has 3 amide bonds. The van der Waals surface area contributed by atoms with E-state index in [0.29, 0.717) is 11.3 Å². The van der Waals surface area contributed by atoms with E-state index in [-0.39, 0.29) is 18.8 Å². The van der Waals surface area contributed by atoms with Crippen LogP contribution in [0.2, 0.25) is 0 Å². The number of benzene rings is 2. The molecule has 0 bridgehead atoms. The Kier molecular flexibility index (Phi) is 5.68. The van der Waals surface area contributed by atoms with Crippen molar-refractivity contribution in [2.45, 2.75) is 6.54 Å². The van der Waals surface area contributed by atoms with E-state index in [2.05, 4.69) is 21.2 Å². The predicted molar refractivity (Wildman–Crippen MR) is 100 cm³/mol. The van der Waals surface area contributed by atoms with Crippen LogP contribution in [-0.4, -0.2) is 29.8 Å². The smallest absolute Gasteiger partial charge is 0.315 e. The monoisotopic (exact) mass is 366 g/mol. The van der Waals surface area contributed by atoms with Crippen molar-refractivity contribution in [3.05, 3.63) is 66.1 Å². The van der Waals surface area contributed by atoms with Crippen molar-refractivity contribution in [1.82, 2.24) is 16.1 Å². The zero-order valence-electron chi connectivity index (χ0n) is 14.3. The van der Waals surface area contributed by atoms with Crippen molar-refractivity contribution < 1.29 is 19.1 Å². The van der Waals surface area contributed by atoms with Crippen LogP contribution in [0.4, 0.5) is 4.79 Å². The first-order chi connectivity index (χ1) is 13.1. The second-order valence-corrected chi connectivity index (χ2v) is 5.63. The number of aromatic hydroxyl groups is 1. The fraction of sp³-hybridized carbons (Fsp3) is 0.105. The number of carbonyl (C=O) groups is 2. The van der Waals surface area contributed by atoms with Gasteiger partial charge in [0.25, 0.3) is 5.91 Å². The number of hydrazone groups is 1. The Hall–Kier alpha value is -3.81. The number of nitrogens with zero attached hydrogens (tertiary/aromatic N) is 1. The first-order valence-electron chi connectivity index (χ1n) is 8.20. The van der Waals surface area contributed by atoms with E-state index in [1.807, 2.05) is 24.3 Å². The number of amides is 3. The fourth-order valence-corrected chi connectivity index (χ4v) is 2.43. The second kappa shape index (κ2) is 8.52. The van der Waals surface area contributed by atoms with Gasteiger partial charge in [-0.25, -0.2) is 10.2 Å². The molecule has 1 heterocycles. The van der Waals surface area contributed by atoms with Gasteiger partial charge in [0.1, 0.15) is 18.1 Å². The van der Waals surface area contributed by atoms with Gasteiger partial charge in [0.2, 0.25) is 0 Å². The number of furan rings is 1. The Balaban J connectivity index is 1.49. The molecule has 0 aliphatic rings. The van der Waals surface area contributed by atoms with E-state index >= 15 is 0 Å². The summed E-state index contributed by atoms with van der Waals surface area (Å²) < 4.78 is 5.08. The van der Waals surface area contributed by atoms with E-state index in [4.69, 9.17) is 4.42 Å². The minimum Gasteiger partial charge on any atom is -0.507 e. The summed E-state index contributed by atoms with van der Waals surface area (Å²) in [7, 11) is 0. The number of hydrogen-bond acceptors (Lipinski definition) is 5. The molecular formula is C19H18N4O4. The van der Waals surface area contributed by atoms with Gasteiger partial charge in [-0.05, 0) is 29.0 Å². The number of rotatable bonds is 6. The van der Waals surface area contributed by atoms with Crippen LogP contribution >= 0.6 is 0 Å². The lowest BCUT2D eigenvalue weighted by Gasteiger charge is -2.06. The highest BCUT2D eigenvalue weighted by Gasteiger charge is 2.06. The summed E-state index contributed by atoms with van der Waals surface area (Å²) in [5, 5.41) is 20.6. The Morgan fingerprint density at radius 1 is 1.07 bits per heavy atom. The zero-order valence-corrected chi connectivity index (χ0v) is 14.3. The maximum absolute atomic E-state index is 11.8. The van der Waals surface area contributed by atoms with E-state index in [9.17, 15) is 14.7 Å². The van der Waals surface area contributed by atoms with Crippen molar-refractivity contribution in [3.63, 3.8) is 0 Å². The van der Waals surface area contributed by atoms with Gasteiger partial charge in [-0.2, -0.15) is 5.10 Å². The minimum atomic E-state index is -0.503. The molecule has 27 heavy (non-hydrogen) atoms. The van der Waals surface area contributed by atoms with Crippen LogP contribution in [-0.2, 0) is 11.3 Å². The predicted octanol–water partition coefficient (Wildman–Crippen LogP) is 2.09. The van der Waals surface area contributed by atoms with Crippen molar-refractivity contribution in [1.29, 1.82) is 0 Å². The third kappa shape index (κ3) is 4.85. The van der Waals surface area contributed by atoms with Crippen LogP contribution in [0.3, 0.4) is 0 Å². The summed E-state index contributed by atoms with van der Waals surface area (Å²) >= 11 is 0. The maximum atomic E-state index is 11.8. The minimum absolute atomic E-state index is 0.0575. The summed E-state index contributed by atoms with van der Waals surface area (Å²) in [5.41, 5.74) is 2.80. The van der Waals surface area contributed by atoms with Crippen LogP contribution in [0.1, 0.15) is 11.3 Å². The third-order valence-electron chi connectivity index (χ3n) is 3.74. The molecule has 0 saturated carbocycles. The lowest BCUT2D eigenvalue weighted by Crippen LogP contribution is -2.40. The SMILES string of the molecule is O=C(CNC(=O)NCc1ccco1)N/N=C/c1c(O)ccc2ccccc12. The van der Waals surface area contributed by atoms with E-state index in [0.717, 1.165) is 10.8 Å². The van der Waals surface area contributed by atoms with Crippen molar-refractivity contribution in [3.8, 4) is 5.75 Å². The molecule has 4 N–H and O–H groups in total. The van der Waals surface area contributed by atoms with Gasteiger partial charge in [0.15, 0.2) is 0 Å². The van der Waals surface area contributed by atoms with Gasteiger partial charge in [-0.15, -0.1) is 0 Å². The second-order valence-electron chi connectivity index (χ2n) is 5.63. The molecular weight excluding hydrogens is 348 g/mol. The molecule has 1 aromatic heterocycles. The fourth-order valence-electron chi connectivity index (χ4n) is 2.43. The standard InChI is InChI=1S/C19H18N4O4/c24-17-8-7-13-4-1-2-6-15(13)16(17)11-22-23-18(25)12-21-19(26)20-10-14-5-3-9-27-14/h1-9,11,24H,10,12H2,(H,23,25)(H2,20,21,26)/b22-11+. The molecule has 0 atom stereocenters. The van der Waals surface area contributed by atoms with Crippen LogP contribution in [0, 0.1) is 0 Å². The average Bonchev–Trinajstić information content (AvgIpc) is 3.20. The molecule has 3 rings (SSSR count). The van der Waals surface area contributed by atoms with Gasteiger partial charge in [-0.3, -0.25) is 4.79 Å². The van der Waals surface area contributed by atoms with Crippen molar-refractivity contribution in [2.24, 2.45) is 5.10 Å². The Bertz CT molecular complexity index is 967. The Labute approximate surface area is 154 Å². The van der Waals surface area contributed by atoms with Gasteiger partial charge >= 0.3 is 6.03 Å². The summed E-state index contributed by atoms with van der Waals surface area (Å²) in [6, 6.07) is 13.8. The summed E-state index contributed by atoms with van der Waals surface area (Å²) in [6.45, 7) is -0.0260.